The first kappa shape index (κ1) is 17.7. The van der Waals surface area contributed by atoms with Crippen LogP contribution in [0.25, 0.3) is 0 Å². The molecule has 3 heterocycles. The van der Waals surface area contributed by atoms with E-state index in [2.05, 4.69) is 23.6 Å². The third kappa shape index (κ3) is 5.15. The second kappa shape index (κ2) is 8.80. The Labute approximate surface area is 142 Å². The number of hydrogen-bond donors (Lipinski definition) is 0. The molecule has 23 heavy (non-hydrogen) atoms. The van der Waals surface area contributed by atoms with E-state index in [1.54, 1.807) is 0 Å². The highest BCUT2D eigenvalue weighted by molar-refractivity contribution is 4.84. The predicted octanol–water partition coefficient (Wildman–Crippen LogP) is 2.91. The first-order valence-electron chi connectivity index (χ1n) is 9.93. The minimum absolute atomic E-state index is 0.370. The lowest BCUT2D eigenvalue weighted by atomic mass is 9.98. The Balaban J connectivity index is 1.36. The molecule has 0 spiro atoms. The van der Waals surface area contributed by atoms with E-state index in [-0.39, 0.29) is 0 Å². The number of hydrogen-bond acceptors (Lipinski definition) is 4. The zero-order valence-electron chi connectivity index (χ0n) is 15.2. The zero-order chi connectivity index (χ0) is 16.1. The van der Waals surface area contributed by atoms with Crippen LogP contribution in [0.1, 0.15) is 58.8 Å². The highest BCUT2D eigenvalue weighted by atomic mass is 16.5. The van der Waals surface area contributed by atoms with Crippen LogP contribution < -0.4 is 0 Å². The summed E-state index contributed by atoms with van der Waals surface area (Å²) < 4.78 is 11.8. The Morgan fingerprint density at radius 2 is 1.83 bits per heavy atom. The second-order valence-corrected chi connectivity index (χ2v) is 7.95. The standard InChI is InChI=1S/C19H36N2O2/c1-16(2)21-10-4-3-6-17(21)14-20-11-8-18(9-12-20)23-15-19-7-5-13-22-19/h16-19H,3-15H2,1-2H3. The fourth-order valence-corrected chi connectivity index (χ4v) is 4.47. The summed E-state index contributed by atoms with van der Waals surface area (Å²) in [6.45, 7) is 11.4. The summed E-state index contributed by atoms with van der Waals surface area (Å²) in [5.74, 6) is 0. The molecule has 134 valence electrons. The number of rotatable bonds is 6. The quantitative estimate of drug-likeness (QED) is 0.750. The molecule has 0 saturated carbocycles. The molecule has 0 N–H and O–H groups in total. The van der Waals surface area contributed by atoms with Crippen LogP contribution >= 0.6 is 0 Å². The first-order valence-corrected chi connectivity index (χ1v) is 9.93. The molecule has 0 aliphatic carbocycles. The molecule has 3 fully saturated rings. The average molecular weight is 325 g/mol. The Kier molecular flexibility index (Phi) is 6.75. The number of piperidine rings is 2. The van der Waals surface area contributed by atoms with E-state index in [1.807, 2.05) is 0 Å². The van der Waals surface area contributed by atoms with Crippen LogP contribution in [0.3, 0.4) is 0 Å². The molecule has 2 atom stereocenters. The van der Waals surface area contributed by atoms with Gasteiger partial charge in [0.25, 0.3) is 0 Å². The molecular weight excluding hydrogens is 288 g/mol. The summed E-state index contributed by atoms with van der Waals surface area (Å²) in [4.78, 5) is 5.40. The van der Waals surface area contributed by atoms with Crippen molar-refractivity contribution >= 4 is 0 Å². The van der Waals surface area contributed by atoms with Crippen molar-refractivity contribution < 1.29 is 9.47 Å². The van der Waals surface area contributed by atoms with Gasteiger partial charge in [-0.3, -0.25) is 4.90 Å². The van der Waals surface area contributed by atoms with Crippen LogP contribution in [-0.2, 0) is 9.47 Å². The summed E-state index contributed by atoms with van der Waals surface area (Å²) in [6.07, 6.45) is 9.79. The third-order valence-corrected chi connectivity index (χ3v) is 5.88. The number of ether oxygens (including phenoxy) is 2. The van der Waals surface area contributed by atoms with E-state index in [0.717, 1.165) is 19.3 Å². The molecule has 3 saturated heterocycles. The van der Waals surface area contributed by atoms with Gasteiger partial charge in [-0.2, -0.15) is 0 Å². The Hall–Kier alpha value is -0.160. The van der Waals surface area contributed by atoms with Gasteiger partial charge in [-0.05, 0) is 58.9 Å². The summed E-state index contributed by atoms with van der Waals surface area (Å²) in [5, 5.41) is 0. The van der Waals surface area contributed by atoms with Gasteiger partial charge >= 0.3 is 0 Å². The van der Waals surface area contributed by atoms with Crippen molar-refractivity contribution in [1.29, 1.82) is 0 Å². The minimum atomic E-state index is 0.370. The summed E-state index contributed by atoms with van der Waals surface area (Å²) in [6, 6.07) is 1.46. The number of likely N-dealkylation sites (tertiary alicyclic amines) is 2. The fraction of sp³-hybridized carbons (Fsp3) is 1.00. The van der Waals surface area contributed by atoms with Gasteiger partial charge in [-0.1, -0.05) is 6.42 Å². The van der Waals surface area contributed by atoms with Crippen molar-refractivity contribution in [2.24, 2.45) is 0 Å². The fourth-order valence-electron chi connectivity index (χ4n) is 4.47. The molecule has 0 radical (unpaired) electrons. The maximum atomic E-state index is 6.10. The smallest absolute Gasteiger partial charge is 0.0809 e. The van der Waals surface area contributed by atoms with Gasteiger partial charge in [0.1, 0.15) is 0 Å². The van der Waals surface area contributed by atoms with E-state index in [9.17, 15) is 0 Å². The topological polar surface area (TPSA) is 24.9 Å². The highest BCUT2D eigenvalue weighted by Crippen LogP contribution is 2.23. The van der Waals surface area contributed by atoms with E-state index in [0.29, 0.717) is 18.2 Å². The molecule has 4 heteroatoms. The maximum Gasteiger partial charge on any atom is 0.0809 e. The summed E-state index contributed by atoms with van der Waals surface area (Å²) >= 11 is 0. The van der Waals surface area contributed by atoms with Gasteiger partial charge in [0.2, 0.25) is 0 Å². The normalized spacial score (nSPS) is 32.0. The molecule has 3 aliphatic heterocycles. The Bertz CT molecular complexity index is 336. The van der Waals surface area contributed by atoms with Crippen LogP contribution in [0.15, 0.2) is 0 Å². The molecule has 0 aromatic rings. The molecule has 0 bridgehead atoms. The largest absolute Gasteiger partial charge is 0.376 e. The van der Waals surface area contributed by atoms with E-state index in [4.69, 9.17) is 9.47 Å². The van der Waals surface area contributed by atoms with Crippen molar-refractivity contribution in [2.75, 3.05) is 39.4 Å². The van der Waals surface area contributed by atoms with E-state index < -0.39 is 0 Å². The molecule has 3 aliphatic rings. The van der Waals surface area contributed by atoms with Crippen molar-refractivity contribution in [1.82, 2.24) is 9.80 Å². The van der Waals surface area contributed by atoms with Gasteiger partial charge in [0, 0.05) is 38.3 Å². The van der Waals surface area contributed by atoms with Crippen LogP contribution in [0.4, 0.5) is 0 Å². The lowest BCUT2D eigenvalue weighted by Gasteiger charge is -2.42. The molecule has 0 aromatic carbocycles. The molecule has 0 aromatic heterocycles. The van der Waals surface area contributed by atoms with E-state index in [1.165, 1.54) is 71.1 Å². The highest BCUT2D eigenvalue weighted by Gasteiger charge is 2.28. The average Bonchev–Trinajstić information content (AvgIpc) is 3.08. The van der Waals surface area contributed by atoms with Crippen molar-refractivity contribution in [3.63, 3.8) is 0 Å². The van der Waals surface area contributed by atoms with Gasteiger partial charge < -0.3 is 14.4 Å². The first-order chi connectivity index (χ1) is 11.2. The van der Waals surface area contributed by atoms with Gasteiger partial charge in [-0.25, -0.2) is 0 Å². The van der Waals surface area contributed by atoms with Crippen LogP contribution in [-0.4, -0.2) is 73.5 Å². The van der Waals surface area contributed by atoms with Crippen LogP contribution in [0.5, 0.6) is 0 Å². The Morgan fingerprint density at radius 3 is 2.52 bits per heavy atom. The monoisotopic (exact) mass is 324 g/mol. The number of nitrogens with zero attached hydrogens (tertiary/aromatic N) is 2. The van der Waals surface area contributed by atoms with Gasteiger partial charge in [0.15, 0.2) is 0 Å². The molecule has 3 rings (SSSR count). The Morgan fingerprint density at radius 1 is 1.00 bits per heavy atom. The molecule has 0 amide bonds. The third-order valence-electron chi connectivity index (χ3n) is 5.88. The second-order valence-electron chi connectivity index (χ2n) is 7.95. The molecular formula is C19H36N2O2. The minimum Gasteiger partial charge on any atom is -0.376 e. The van der Waals surface area contributed by atoms with Crippen molar-refractivity contribution in [3.05, 3.63) is 0 Å². The van der Waals surface area contributed by atoms with Crippen molar-refractivity contribution in [3.8, 4) is 0 Å². The maximum absolute atomic E-state index is 6.10. The van der Waals surface area contributed by atoms with Crippen LogP contribution in [0.2, 0.25) is 0 Å². The zero-order valence-corrected chi connectivity index (χ0v) is 15.2. The summed E-state index contributed by atoms with van der Waals surface area (Å²) in [7, 11) is 0. The van der Waals surface area contributed by atoms with Crippen LogP contribution in [0, 0.1) is 0 Å². The van der Waals surface area contributed by atoms with Crippen molar-refractivity contribution in [2.45, 2.75) is 83.1 Å². The summed E-state index contributed by atoms with van der Waals surface area (Å²) in [5.41, 5.74) is 0. The molecule has 2 unspecified atom stereocenters. The molecule has 4 nitrogen and oxygen atoms in total. The lowest BCUT2D eigenvalue weighted by molar-refractivity contribution is -0.0452. The van der Waals surface area contributed by atoms with Gasteiger partial charge in [0.05, 0.1) is 18.8 Å². The lowest BCUT2D eigenvalue weighted by Crippen LogP contribution is -2.51. The van der Waals surface area contributed by atoms with Gasteiger partial charge in [-0.15, -0.1) is 0 Å². The SMILES string of the molecule is CC(C)N1CCCCC1CN1CCC(OCC2CCCO2)CC1. The van der Waals surface area contributed by atoms with E-state index >= 15 is 0 Å². The predicted molar refractivity (Wildman–Crippen MR) is 93.9 cm³/mol.